The van der Waals surface area contributed by atoms with Crippen LogP contribution in [0.1, 0.15) is 11.1 Å². The maximum atomic E-state index is 13.0. The lowest BCUT2D eigenvalue weighted by Gasteiger charge is -2.12. The fourth-order valence-corrected chi connectivity index (χ4v) is 4.80. The highest BCUT2D eigenvalue weighted by Gasteiger charge is 2.19. The van der Waals surface area contributed by atoms with E-state index in [4.69, 9.17) is 0 Å². The molecule has 0 heterocycles. The number of nitrogens with one attached hydrogen (secondary N) is 2. The first kappa shape index (κ1) is 21.5. The van der Waals surface area contributed by atoms with E-state index in [-0.39, 0.29) is 16.3 Å². The van der Waals surface area contributed by atoms with E-state index < -0.39 is 25.9 Å². The minimum Gasteiger partial charge on any atom is -0.280 e. The van der Waals surface area contributed by atoms with Crippen molar-refractivity contribution in [3.8, 4) is 0 Å². The number of halogens is 1. The van der Waals surface area contributed by atoms with Gasteiger partial charge < -0.3 is 0 Å². The number of hydrogen-bond acceptors (Lipinski definition) is 4. The zero-order valence-electron chi connectivity index (χ0n) is 15.9. The molecule has 9 heteroatoms. The predicted octanol–water partition coefficient (Wildman–Crippen LogP) is 4.35. The second-order valence-corrected chi connectivity index (χ2v) is 9.67. The number of anilines is 2. The minimum absolute atomic E-state index is 0.0952. The average molecular weight is 447 g/mol. The first-order valence-corrected chi connectivity index (χ1v) is 11.8. The van der Waals surface area contributed by atoms with Gasteiger partial charge in [-0.3, -0.25) is 9.44 Å². The quantitative estimate of drug-likeness (QED) is 0.564. The molecule has 6 nitrogen and oxygen atoms in total. The molecule has 0 aliphatic carbocycles. The molecule has 0 bridgehead atoms. The van der Waals surface area contributed by atoms with E-state index in [9.17, 15) is 21.2 Å². The third kappa shape index (κ3) is 5.68. The molecule has 2 N–H and O–H groups in total. The van der Waals surface area contributed by atoms with Gasteiger partial charge in [0.2, 0.25) is 0 Å². The molecular weight excluding hydrogens is 427 g/mol. The molecule has 0 unspecified atom stereocenters. The first-order chi connectivity index (χ1) is 14.1. The van der Waals surface area contributed by atoms with Crippen molar-refractivity contribution >= 4 is 37.5 Å². The van der Waals surface area contributed by atoms with Gasteiger partial charge in [-0.25, -0.2) is 21.2 Å². The third-order valence-electron chi connectivity index (χ3n) is 4.07. The van der Waals surface area contributed by atoms with Crippen molar-refractivity contribution in [2.75, 3.05) is 9.44 Å². The zero-order valence-corrected chi connectivity index (χ0v) is 17.5. The summed E-state index contributed by atoms with van der Waals surface area (Å²) in [5.74, 6) is -0.492. The van der Waals surface area contributed by atoms with E-state index in [1.165, 1.54) is 36.4 Å². The highest BCUT2D eigenvalue weighted by molar-refractivity contribution is 7.95. The topological polar surface area (TPSA) is 92.3 Å². The van der Waals surface area contributed by atoms with Gasteiger partial charge in [-0.2, -0.15) is 0 Å². The Kier molecular flexibility index (Phi) is 6.23. The minimum atomic E-state index is -4.02. The molecule has 0 amide bonds. The van der Waals surface area contributed by atoms with Gasteiger partial charge in [-0.05, 0) is 60.5 Å². The van der Waals surface area contributed by atoms with Crippen LogP contribution in [0.4, 0.5) is 15.8 Å². The summed E-state index contributed by atoms with van der Waals surface area (Å²) in [5.41, 5.74) is 1.41. The Morgan fingerprint density at radius 1 is 0.800 bits per heavy atom. The number of aryl methyl sites for hydroxylation is 1. The summed E-state index contributed by atoms with van der Waals surface area (Å²) in [4.78, 5) is -0.0981. The Morgan fingerprint density at radius 3 is 2.10 bits per heavy atom. The van der Waals surface area contributed by atoms with Crippen molar-refractivity contribution in [3.63, 3.8) is 0 Å². The van der Waals surface area contributed by atoms with Crippen LogP contribution in [0.25, 0.3) is 6.08 Å². The van der Waals surface area contributed by atoms with E-state index in [0.717, 1.165) is 17.5 Å². The number of rotatable bonds is 7. The first-order valence-electron chi connectivity index (χ1n) is 8.80. The van der Waals surface area contributed by atoms with E-state index in [1.54, 1.807) is 31.2 Å². The van der Waals surface area contributed by atoms with Gasteiger partial charge in [-0.1, -0.05) is 36.4 Å². The van der Waals surface area contributed by atoms with Crippen LogP contribution in [0.15, 0.2) is 83.1 Å². The van der Waals surface area contributed by atoms with Crippen LogP contribution in [0.3, 0.4) is 0 Å². The van der Waals surface area contributed by atoms with Gasteiger partial charge in [0.25, 0.3) is 20.0 Å². The van der Waals surface area contributed by atoms with Crippen molar-refractivity contribution in [1.29, 1.82) is 0 Å². The Labute approximate surface area is 175 Å². The van der Waals surface area contributed by atoms with Crippen LogP contribution in [-0.4, -0.2) is 16.8 Å². The van der Waals surface area contributed by atoms with Gasteiger partial charge in [-0.15, -0.1) is 0 Å². The summed E-state index contributed by atoms with van der Waals surface area (Å²) in [6.07, 6.45) is 1.43. The standard InChI is InChI=1S/C21H19FN2O4S2/c1-16-7-10-20(23-29(25,26)14-13-17-5-3-2-4-6-17)15-21(16)30(27,28)24-19-11-8-18(22)9-12-19/h2-15,23-24H,1H3. The van der Waals surface area contributed by atoms with Crippen LogP contribution in [-0.2, 0) is 20.0 Å². The lowest BCUT2D eigenvalue weighted by molar-refractivity contribution is 0.599. The van der Waals surface area contributed by atoms with E-state index >= 15 is 0 Å². The molecule has 30 heavy (non-hydrogen) atoms. The summed E-state index contributed by atoms with van der Waals surface area (Å²) >= 11 is 0. The van der Waals surface area contributed by atoms with E-state index in [1.807, 2.05) is 6.07 Å². The molecule has 3 aromatic rings. The van der Waals surface area contributed by atoms with Gasteiger partial charge in [0.05, 0.1) is 16.0 Å². The van der Waals surface area contributed by atoms with Crippen molar-refractivity contribution in [1.82, 2.24) is 0 Å². The molecule has 0 radical (unpaired) electrons. The second kappa shape index (κ2) is 8.68. The van der Waals surface area contributed by atoms with Crippen molar-refractivity contribution in [2.45, 2.75) is 11.8 Å². The van der Waals surface area contributed by atoms with Gasteiger partial charge >= 0.3 is 0 Å². The van der Waals surface area contributed by atoms with E-state index in [2.05, 4.69) is 9.44 Å². The summed E-state index contributed by atoms with van der Waals surface area (Å²) in [5, 5.41) is 1.01. The van der Waals surface area contributed by atoms with Gasteiger partial charge in [0, 0.05) is 5.69 Å². The molecular formula is C21H19FN2O4S2. The SMILES string of the molecule is Cc1ccc(NS(=O)(=O)C=Cc2ccccc2)cc1S(=O)(=O)Nc1ccc(F)cc1. The molecule has 0 fully saturated rings. The Morgan fingerprint density at radius 2 is 1.43 bits per heavy atom. The fraction of sp³-hybridized carbons (Fsp3) is 0.0476. The summed E-state index contributed by atoms with van der Waals surface area (Å²) < 4.78 is 67.9. The fourth-order valence-electron chi connectivity index (χ4n) is 2.61. The molecule has 0 atom stereocenters. The summed E-state index contributed by atoms with van der Waals surface area (Å²) in [7, 11) is -7.87. The molecule has 0 aliphatic rings. The van der Waals surface area contributed by atoms with Crippen LogP contribution in [0, 0.1) is 12.7 Å². The maximum absolute atomic E-state index is 13.0. The van der Waals surface area contributed by atoms with Gasteiger partial charge in [0.15, 0.2) is 0 Å². The van der Waals surface area contributed by atoms with Crippen molar-refractivity contribution in [2.24, 2.45) is 0 Å². The normalized spacial score (nSPS) is 12.1. The highest BCUT2D eigenvalue weighted by atomic mass is 32.2. The molecule has 0 saturated heterocycles. The van der Waals surface area contributed by atoms with Crippen LogP contribution < -0.4 is 9.44 Å². The monoisotopic (exact) mass is 446 g/mol. The highest BCUT2D eigenvalue weighted by Crippen LogP contribution is 2.24. The smallest absolute Gasteiger partial charge is 0.262 e. The van der Waals surface area contributed by atoms with Crippen molar-refractivity contribution in [3.05, 3.63) is 95.1 Å². The second-order valence-electron chi connectivity index (χ2n) is 6.45. The summed E-state index contributed by atoms with van der Waals surface area (Å²) in [6.45, 7) is 1.59. The lowest BCUT2D eigenvalue weighted by Crippen LogP contribution is -2.15. The molecule has 3 rings (SSSR count). The third-order valence-corrected chi connectivity index (χ3v) is 6.61. The lowest BCUT2D eigenvalue weighted by atomic mass is 10.2. The number of sulfonamides is 2. The van der Waals surface area contributed by atoms with Gasteiger partial charge in [0.1, 0.15) is 5.82 Å². The largest absolute Gasteiger partial charge is 0.280 e. The van der Waals surface area contributed by atoms with Crippen LogP contribution >= 0.6 is 0 Å². The Balaban J connectivity index is 1.83. The van der Waals surface area contributed by atoms with E-state index in [0.29, 0.717) is 11.1 Å². The molecule has 3 aromatic carbocycles. The number of hydrogen-bond donors (Lipinski definition) is 2. The Hall–Kier alpha value is -3.17. The Bertz CT molecular complexity index is 1270. The molecule has 0 aliphatic heterocycles. The average Bonchev–Trinajstić information content (AvgIpc) is 2.70. The van der Waals surface area contributed by atoms with Crippen LogP contribution in [0.2, 0.25) is 0 Å². The molecule has 0 saturated carbocycles. The van der Waals surface area contributed by atoms with Crippen LogP contribution in [0.5, 0.6) is 0 Å². The molecule has 156 valence electrons. The van der Waals surface area contributed by atoms with Crippen molar-refractivity contribution < 1.29 is 21.2 Å². The zero-order chi connectivity index (χ0) is 21.8. The summed E-state index contributed by atoms with van der Waals surface area (Å²) in [6, 6.07) is 17.9. The number of benzene rings is 3. The molecule has 0 aromatic heterocycles. The predicted molar refractivity (Wildman–Crippen MR) is 116 cm³/mol. The molecule has 0 spiro atoms. The maximum Gasteiger partial charge on any atom is 0.262 e.